The van der Waals surface area contributed by atoms with E-state index in [1.165, 1.54) is 12.5 Å². The highest BCUT2D eigenvalue weighted by Gasteiger charge is 2.02. The number of rotatable bonds is 4. The number of methoxy groups -OCH3 is 1. The molecule has 0 atom stereocenters. The number of benzene rings is 1. The topological polar surface area (TPSA) is 70.8 Å². The first-order valence-electron chi connectivity index (χ1n) is 5.40. The minimum atomic E-state index is 0.436. The Bertz CT molecular complexity index is 560. The Hall–Kier alpha value is -2.61. The highest BCUT2D eigenvalue weighted by molar-refractivity contribution is 5.50. The Morgan fingerprint density at radius 3 is 2.78 bits per heavy atom. The summed E-state index contributed by atoms with van der Waals surface area (Å²) >= 11 is 0. The molecule has 1 aromatic heterocycles. The fourth-order valence-corrected chi connectivity index (χ4v) is 1.48. The molecule has 1 N–H and O–H groups in total. The van der Waals surface area contributed by atoms with Crippen LogP contribution in [0.1, 0.15) is 11.1 Å². The van der Waals surface area contributed by atoms with Gasteiger partial charge in [0.1, 0.15) is 29.5 Å². The van der Waals surface area contributed by atoms with Gasteiger partial charge in [-0.2, -0.15) is 5.26 Å². The molecule has 0 radical (unpaired) electrons. The van der Waals surface area contributed by atoms with Crippen LogP contribution >= 0.6 is 0 Å². The van der Waals surface area contributed by atoms with E-state index in [1.54, 1.807) is 7.11 Å². The van der Waals surface area contributed by atoms with Gasteiger partial charge in [-0.3, -0.25) is 0 Å². The second-order valence-electron chi connectivity index (χ2n) is 3.60. The summed E-state index contributed by atoms with van der Waals surface area (Å²) in [5.74, 6) is 1.36. The molecule has 2 rings (SSSR count). The van der Waals surface area contributed by atoms with Crippen molar-refractivity contribution in [3.8, 4) is 11.8 Å². The lowest BCUT2D eigenvalue weighted by Gasteiger charge is -2.07. The molecule has 0 saturated heterocycles. The molecule has 0 fully saturated rings. The average Bonchev–Trinajstić information content (AvgIpc) is 2.46. The lowest BCUT2D eigenvalue weighted by atomic mass is 10.2. The van der Waals surface area contributed by atoms with Crippen LogP contribution in [-0.4, -0.2) is 17.1 Å². The molecule has 0 amide bonds. The molecule has 0 aliphatic carbocycles. The van der Waals surface area contributed by atoms with E-state index in [2.05, 4.69) is 15.3 Å². The third-order valence-corrected chi connectivity index (χ3v) is 2.45. The summed E-state index contributed by atoms with van der Waals surface area (Å²) in [6.07, 6.45) is 2.90. The van der Waals surface area contributed by atoms with Crippen LogP contribution in [0.2, 0.25) is 0 Å². The Balaban J connectivity index is 2.05. The summed E-state index contributed by atoms with van der Waals surface area (Å²) < 4.78 is 5.08. The van der Waals surface area contributed by atoms with Crippen LogP contribution in [0, 0.1) is 11.3 Å². The summed E-state index contributed by atoms with van der Waals surface area (Å²) in [6, 6.07) is 9.74. The molecule has 0 spiro atoms. The van der Waals surface area contributed by atoms with Gasteiger partial charge in [-0.1, -0.05) is 12.1 Å². The van der Waals surface area contributed by atoms with Crippen LogP contribution in [0.5, 0.6) is 5.75 Å². The Morgan fingerprint density at radius 2 is 2.11 bits per heavy atom. The molecule has 0 saturated carbocycles. The maximum absolute atomic E-state index is 8.90. The second kappa shape index (κ2) is 5.64. The largest absolute Gasteiger partial charge is 0.497 e. The molecule has 1 aromatic carbocycles. The molecule has 5 heteroatoms. The van der Waals surface area contributed by atoms with Crippen molar-refractivity contribution in [3.63, 3.8) is 0 Å². The van der Waals surface area contributed by atoms with Crippen molar-refractivity contribution in [3.05, 3.63) is 47.9 Å². The molecular weight excluding hydrogens is 228 g/mol. The third kappa shape index (κ3) is 2.74. The van der Waals surface area contributed by atoms with Crippen LogP contribution in [-0.2, 0) is 6.54 Å². The van der Waals surface area contributed by atoms with Crippen molar-refractivity contribution in [1.82, 2.24) is 9.97 Å². The lowest BCUT2D eigenvalue weighted by Crippen LogP contribution is -2.03. The number of ether oxygens (including phenoxy) is 1. The normalized spacial score (nSPS) is 9.56. The highest BCUT2D eigenvalue weighted by atomic mass is 16.5. The van der Waals surface area contributed by atoms with Crippen molar-refractivity contribution in [2.75, 3.05) is 12.4 Å². The lowest BCUT2D eigenvalue weighted by molar-refractivity contribution is 0.414. The van der Waals surface area contributed by atoms with Crippen molar-refractivity contribution < 1.29 is 4.74 Å². The van der Waals surface area contributed by atoms with E-state index in [-0.39, 0.29) is 0 Å². The van der Waals surface area contributed by atoms with Crippen LogP contribution in [0.3, 0.4) is 0 Å². The van der Waals surface area contributed by atoms with Crippen molar-refractivity contribution in [2.24, 2.45) is 0 Å². The number of hydrogen-bond acceptors (Lipinski definition) is 5. The van der Waals surface area contributed by atoms with E-state index < -0.39 is 0 Å². The van der Waals surface area contributed by atoms with Crippen molar-refractivity contribution in [2.45, 2.75) is 6.54 Å². The Labute approximate surface area is 105 Å². The maximum Gasteiger partial charge on any atom is 0.147 e. The molecular formula is C13H12N4O. The van der Waals surface area contributed by atoms with Gasteiger partial charge < -0.3 is 10.1 Å². The van der Waals surface area contributed by atoms with Gasteiger partial charge in [-0.25, -0.2) is 9.97 Å². The van der Waals surface area contributed by atoms with E-state index in [1.807, 2.05) is 30.3 Å². The minimum absolute atomic E-state index is 0.436. The monoisotopic (exact) mass is 240 g/mol. The van der Waals surface area contributed by atoms with Gasteiger partial charge in [0.25, 0.3) is 0 Å². The van der Waals surface area contributed by atoms with E-state index in [4.69, 9.17) is 10.00 Å². The van der Waals surface area contributed by atoms with Gasteiger partial charge in [0.15, 0.2) is 0 Å². The van der Waals surface area contributed by atoms with Gasteiger partial charge in [0.05, 0.1) is 13.3 Å². The number of anilines is 1. The molecule has 1 heterocycles. The smallest absolute Gasteiger partial charge is 0.147 e. The first-order valence-corrected chi connectivity index (χ1v) is 5.40. The Kier molecular flexibility index (Phi) is 3.72. The van der Waals surface area contributed by atoms with Gasteiger partial charge in [0, 0.05) is 6.54 Å². The van der Waals surface area contributed by atoms with Crippen LogP contribution in [0.4, 0.5) is 5.82 Å². The summed E-state index contributed by atoms with van der Waals surface area (Å²) in [5.41, 5.74) is 1.52. The second-order valence-corrected chi connectivity index (χ2v) is 3.60. The van der Waals surface area contributed by atoms with Gasteiger partial charge in [-0.15, -0.1) is 0 Å². The standard InChI is InChI=1S/C13H12N4O/c1-18-12-4-2-10(3-5-12)7-16-13-11(6-14)8-15-9-17-13/h2-5,8-9H,7H2,1H3,(H,15,16,17). The zero-order valence-corrected chi connectivity index (χ0v) is 9.92. The maximum atomic E-state index is 8.90. The third-order valence-electron chi connectivity index (χ3n) is 2.45. The molecule has 0 aliphatic rings. The number of nitrogens with zero attached hydrogens (tertiary/aromatic N) is 3. The molecule has 18 heavy (non-hydrogen) atoms. The first-order chi connectivity index (χ1) is 8.83. The van der Waals surface area contributed by atoms with E-state index in [0.717, 1.165) is 11.3 Å². The zero-order valence-electron chi connectivity index (χ0n) is 9.92. The number of nitrogens with one attached hydrogen (secondary N) is 1. The molecule has 2 aromatic rings. The van der Waals surface area contributed by atoms with Crippen LogP contribution < -0.4 is 10.1 Å². The van der Waals surface area contributed by atoms with Gasteiger partial charge >= 0.3 is 0 Å². The molecule has 0 bridgehead atoms. The van der Waals surface area contributed by atoms with Crippen LogP contribution in [0.15, 0.2) is 36.8 Å². The first kappa shape index (κ1) is 11.9. The quantitative estimate of drug-likeness (QED) is 0.884. The zero-order chi connectivity index (χ0) is 12.8. The van der Waals surface area contributed by atoms with Crippen LogP contribution in [0.25, 0.3) is 0 Å². The van der Waals surface area contributed by atoms with E-state index in [0.29, 0.717) is 17.9 Å². The predicted octanol–water partition coefficient (Wildman–Crippen LogP) is 1.97. The number of aromatic nitrogens is 2. The predicted molar refractivity (Wildman–Crippen MR) is 67.1 cm³/mol. The van der Waals surface area contributed by atoms with Crippen molar-refractivity contribution in [1.29, 1.82) is 5.26 Å². The molecule has 0 unspecified atom stereocenters. The summed E-state index contributed by atoms with van der Waals surface area (Å²) in [6.45, 7) is 0.593. The minimum Gasteiger partial charge on any atom is -0.497 e. The Morgan fingerprint density at radius 1 is 1.33 bits per heavy atom. The number of nitriles is 1. The van der Waals surface area contributed by atoms with Crippen molar-refractivity contribution >= 4 is 5.82 Å². The van der Waals surface area contributed by atoms with Gasteiger partial charge in [0.2, 0.25) is 0 Å². The summed E-state index contributed by atoms with van der Waals surface area (Å²) in [5, 5.41) is 12.0. The van der Waals surface area contributed by atoms with Gasteiger partial charge in [-0.05, 0) is 17.7 Å². The molecule has 5 nitrogen and oxygen atoms in total. The fraction of sp³-hybridized carbons (Fsp3) is 0.154. The van der Waals surface area contributed by atoms with E-state index >= 15 is 0 Å². The molecule has 90 valence electrons. The number of hydrogen-bond donors (Lipinski definition) is 1. The summed E-state index contributed by atoms with van der Waals surface area (Å²) in [4.78, 5) is 7.83. The van der Waals surface area contributed by atoms with E-state index in [9.17, 15) is 0 Å². The highest BCUT2D eigenvalue weighted by Crippen LogP contribution is 2.13. The molecule has 0 aliphatic heterocycles. The SMILES string of the molecule is COc1ccc(CNc2ncncc2C#N)cc1. The average molecular weight is 240 g/mol. The fourth-order valence-electron chi connectivity index (χ4n) is 1.48. The summed E-state index contributed by atoms with van der Waals surface area (Å²) in [7, 11) is 1.63.